The van der Waals surface area contributed by atoms with Gasteiger partial charge in [-0.05, 0) is 36.0 Å². The Morgan fingerprint density at radius 2 is 2.06 bits per heavy atom. The summed E-state index contributed by atoms with van der Waals surface area (Å²) in [5.41, 5.74) is 2.68. The molecule has 3 atom stereocenters. The van der Waals surface area contributed by atoms with Crippen molar-refractivity contribution in [3.8, 4) is 0 Å². The Bertz CT molecular complexity index is 444. The smallest absolute Gasteiger partial charge is 0.120 e. The van der Waals surface area contributed by atoms with Crippen LogP contribution in [0.1, 0.15) is 25.3 Å². The molecule has 0 saturated carbocycles. The van der Waals surface area contributed by atoms with E-state index < -0.39 is 0 Å². The van der Waals surface area contributed by atoms with E-state index >= 15 is 0 Å². The monoisotopic (exact) mass is 226 g/mol. The number of fused-ring (bicyclic) bond motifs is 1. The van der Waals surface area contributed by atoms with Gasteiger partial charge in [-0.15, -0.1) is 0 Å². The van der Waals surface area contributed by atoms with Gasteiger partial charge < -0.3 is 4.74 Å². The van der Waals surface area contributed by atoms with Gasteiger partial charge in [0.2, 0.25) is 0 Å². The average Bonchev–Trinajstić information content (AvgIpc) is 2.86. The molecule has 0 unspecified atom stereocenters. The number of hydrogen-bond acceptors (Lipinski definition) is 1. The van der Waals surface area contributed by atoms with Crippen LogP contribution < -0.4 is 0 Å². The molecule has 0 N–H and O–H groups in total. The molecule has 1 aliphatic carbocycles. The van der Waals surface area contributed by atoms with Crippen molar-refractivity contribution in [2.75, 3.05) is 0 Å². The van der Waals surface area contributed by atoms with Crippen LogP contribution in [0.25, 0.3) is 5.57 Å². The fourth-order valence-electron chi connectivity index (χ4n) is 3.09. The Hall–Kier alpha value is -1.50. The highest BCUT2D eigenvalue weighted by atomic mass is 16.5. The first-order valence-corrected chi connectivity index (χ1v) is 6.47. The number of allylic oxidation sites excluding steroid dienone is 2. The first kappa shape index (κ1) is 10.6. The summed E-state index contributed by atoms with van der Waals surface area (Å²) in [6.07, 6.45) is 9.12. The van der Waals surface area contributed by atoms with Crippen molar-refractivity contribution < 1.29 is 4.74 Å². The highest BCUT2D eigenvalue weighted by molar-refractivity contribution is 5.67. The Kier molecular flexibility index (Phi) is 2.76. The molecule has 2 aliphatic rings. The fraction of sp³-hybridized carbons (Fsp3) is 0.375. The van der Waals surface area contributed by atoms with Gasteiger partial charge in [-0.3, -0.25) is 0 Å². The lowest BCUT2D eigenvalue weighted by Gasteiger charge is -2.34. The van der Waals surface area contributed by atoms with Crippen molar-refractivity contribution in [2.24, 2.45) is 11.8 Å². The van der Waals surface area contributed by atoms with E-state index in [0.29, 0.717) is 17.9 Å². The molecule has 3 rings (SSSR count). The average molecular weight is 226 g/mol. The van der Waals surface area contributed by atoms with Crippen LogP contribution in [0.4, 0.5) is 0 Å². The third-order valence-corrected chi connectivity index (χ3v) is 3.97. The van der Waals surface area contributed by atoms with Crippen LogP contribution in [0.15, 0.2) is 48.7 Å². The maximum absolute atomic E-state index is 5.85. The standard InChI is InChI=1S/C16H18O/c1-2-13-14-9-6-10-16(14)17-11-15(13)12-7-4-3-5-8-12/h3-8,10-11,13-14,16H,2,9H2,1H3/t13-,14+,16+/m0/s1. The molecule has 1 nitrogen and oxygen atoms in total. The van der Waals surface area contributed by atoms with Gasteiger partial charge in [-0.1, -0.05) is 43.3 Å². The Morgan fingerprint density at radius 3 is 2.82 bits per heavy atom. The van der Waals surface area contributed by atoms with Gasteiger partial charge in [0.05, 0.1) is 6.26 Å². The van der Waals surface area contributed by atoms with Crippen molar-refractivity contribution in [3.05, 3.63) is 54.3 Å². The highest BCUT2D eigenvalue weighted by Crippen LogP contribution is 2.42. The zero-order valence-corrected chi connectivity index (χ0v) is 10.2. The second-order valence-electron chi connectivity index (χ2n) is 4.88. The summed E-state index contributed by atoms with van der Waals surface area (Å²) in [4.78, 5) is 0. The molecule has 0 saturated heterocycles. The van der Waals surface area contributed by atoms with Crippen LogP contribution in [-0.2, 0) is 4.74 Å². The van der Waals surface area contributed by atoms with E-state index in [0.717, 1.165) is 6.42 Å². The van der Waals surface area contributed by atoms with Gasteiger partial charge in [0.15, 0.2) is 0 Å². The number of ether oxygens (including phenoxy) is 1. The van der Waals surface area contributed by atoms with Crippen LogP contribution >= 0.6 is 0 Å². The zero-order valence-electron chi connectivity index (χ0n) is 10.2. The van der Waals surface area contributed by atoms with Crippen molar-refractivity contribution in [1.29, 1.82) is 0 Å². The molecule has 0 bridgehead atoms. The molecule has 88 valence electrons. The summed E-state index contributed by atoms with van der Waals surface area (Å²) in [7, 11) is 0. The Labute approximate surface area is 103 Å². The van der Waals surface area contributed by atoms with E-state index in [1.165, 1.54) is 17.6 Å². The van der Waals surface area contributed by atoms with Crippen LogP contribution in [0, 0.1) is 11.8 Å². The van der Waals surface area contributed by atoms with Crippen LogP contribution in [0.5, 0.6) is 0 Å². The first-order valence-electron chi connectivity index (χ1n) is 6.47. The lowest BCUT2D eigenvalue weighted by Crippen LogP contribution is -2.29. The van der Waals surface area contributed by atoms with Crippen molar-refractivity contribution in [3.63, 3.8) is 0 Å². The quantitative estimate of drug-likeness (QED) is 0.692. The number of benzene rings is 1. The van der Waals surface area contributed by atoms with E-state index in [-0.39, 0.29) is 0 Å². The predicted molar refractivity (Wildman–Crippen MR) is 70.3 cm³/mol. The van der Waals surface area contributed by atoms with E-state index in [1.807, 2.05) is 6.26 Å². The lowest BCUT2D eigenvalue weighted by atomic mass is 9.77. The van der Waals surface area contributed by atoms with Gasteiger partial charge in [0.25, 0.3) is 0 Å². The maximum Gasteiger partial charge on any atom is 0.120 e. The van der Waals surface area contributed by atoms with Crippen LogP contribution in [0.2, 0.25) is 0 Å². The van der Waals surface area contributed by atoms with Gasteiger partial charge in [0.1, 0.15) is 6.10 Å². The second kappa shape index (κ2) is 4.40. The highest BCUT2D eigenvalue weighted by Gasteiger charge is 2.36. The molecule has 1 aliphatic heterocycles. The molecular formula is C16H18O. The summed E-state index contributed by atoms with van der Waals surface area (Å²) in [5, 5.41) is 0. The first-order chi connectivity index (χ1) is 8.40. The minimum absolute atomic E-state index is 0.312. The largest absolute Gasteiger partial charge is 0.493 e. The summed E-state index contributed by atoms with van der Waals surface area (Å²) in [5.74, 6) is 1.27. The number of hydrogen-bond donors (Lipinski definition) is 0. The molecule has 1 heterocycles. The van der Waals surface area contributed by atoms with Crippen molar-refractivity contribution in [1.82, 2.24) is 0 Å². The summed E-state index contributed by atoms with van der Waals surface area (Å²) >= 11 is 0. The molecule has 0 fully saturated rings. The second-order valence-corrected chi connectivity index (χ2v) is 4.88. The molecule has 0 radical (unpaired) electrons. The summed E-state index contributed by atoms with van der Waals surface area (Å²) < 4.78 is 5.85. The molecule has 0 amide bonds. The van der Waals surface area contributed by atoms with Gasteiger partial charge in [-0.25, -0.2) is 0 Å². The molecule has 1 heteroatoms. The van der Waals surface area contributed by atoms with Crippen molar-refractivity contribution >= 4 is 5.57 Å². The molecular weight excluding hydrogens is 208 g/mol. The molecule has 0 aromatic heterocycles. The van der Waals surface area contributed by atoms with E-state index in [4.69, 9.17) is 4.74 Å². The number of rotatable bonds is 2. The van der Waals surface area contributed by atoms with E-state index in [1.54, 1.807) is 0 Å². The van der Waals surface area contributed by atoms with E-state index in [9.17, 15) is 0 Å². The predicted octanol–water partition coefficient (Wildman–Crippen LogP) is 4.03. The van der Waals surface area contributed by atoms with Crippen molar-refractivity contribution in [2.45, 2.75) is 25.9 Å². The SMILES string of the molecule is CC[C@@H]1C(c2ccccc2)=CO[C@@H]2C=CC[C@H]12. The Morgan fingerprint density at radius 1 is 1.24 bits per heavy atom. The van der Waals surface area contributed by atoms with Gasteiger partial charge in [-0.2, -0.15) is 0 Å². The normalized spacial score (nSPS) is 30.6. The van der Waals surface area contributed by atoms with Crippen LogP contribution in [-0.4, -0.2) is 6.10 Å². The molecule has 1 aromatic carbocycles. The van der Waals surface area contributed by atoms with E-state index in [2.05, 4.69) is 49.4 Å². The fourth-order valence-corrected chi connectivity index (χ4v) is 3.09. The molecule has 17 heavy (non-hydrogen) atoms. The maximum atomic E-state index is 5.85. The van der Waals surface area contributed by atoms with Gasteiger partial charge >= 0.3 is 0 Å². The molecule has 0 spiro atoms. The zero-order chi connectivity index (χ0) is 11.7. The third-order valence-electron chi connectivity index (χ3n) is 3.97. The topological polar surface area (TPSA) is 9.23 Å². The minimum atomic E-state index is 0.312. The lowest BCUT2D eigenvalue weighted by molar-refractivity contribution is 0.0985. The molecule has 1 aromatic rings. The van der Waals surface area contributed by atoms with Gasteiger partial charge in [0, 0.05) is 5.92 Å². The summed E-state index contributed by atoms with van der Waals surface area (Å²) in [6.45, 7) is 2.28. The summed E-state index contributed by atoms with van der Waals surface area (Å²) in [6, 6.07) is 10.6. The minimum Gasteiger partial charge on any atom is -0.493 e. The Balaban J connectivity index is 1.94. The third kappa shape index (κ3) is 1.80. The van der Waals surface area contributed by atoms with Crippen LogP contribution in [0.3, 0.4) is 0 Å².